The highest BCUT2D eigenvalue weighted by Gasteiger charge is 2.30. The molecule has 0 amide bonds. The lowest BCUT2D eigenvalue weighted by Gasteiger charge is -2.28. The summed E-state index contributed by atoms with van der Waals surface area (Å²) >= 11 is 0. The van der Waals surface area contributed by atoms with Crippen molar-refractivity contribution >= 4 is 0 Å². The van der Waals surface area contributed by atoms with Crippen LogP contribution in [0.4, 0.5) is 0 Å². The Morgan fingerprint density at radius 3 is 2.72 bits per heavy atom. The van der Waals surface area contributed by atoms with Crippen molar-refractivity contribution in [2.45, 2.75) is 58.5 Å². The van der Waals surface area contributed by atoms with E-state index in [9.17, 15) is 0 Å². The third-order valence-corrected chi connectivity index (χ3v) is 4.82. The van der Waals surface area contributed by atoms with E-state index < -0.39 is 0 Å². The Bertz CT molecular complexity index is 673. The van der Waals surface area contributed by atoms with Crippen LogP contribution in [0.2, 0.25) is 0 Å². The first-order valence-electron chi connectivity index (χ1n) is 9.24. The van der Waals surface area contributed by atoms with Crippen molar-refractivity contribution in [3.8, 4) is 0 Å². The molecule has 0 saturated carbocycles. The van der Waals surface area contributed by atoms with Crippen molar-refractivity contribution < 1.29 is 9.26 Å². The maximum Gasteiger partial charge on any atom is 0.244 e. The number of ether oxygens (including phenoxy) is 1. The van der Waals surface area contributed by atoms with Crippen LogP contribution in [0.3, 0.4) is 0 Å². The first-order valence-corrected chi connectivity index (χ1v) is 9.24. The number of aryl methyl sites for hydroxylation is 2. The van der Waals surface area contributed by atoms with E-state index in [0.29, 0.717) is 11.8 Å². The summed E-state index contributed by atoms with van der Waals surface area (Å²) in [6, 6.07) is 0.0498. The molecule has 0 radical (unpaired) electrons. The molecule has 1 aliphatic rings. The Balaban J connectivity index is 1.77. The van der Waals surface area contributed by atoms with Gasteiger partial charge in [0.25, 0.3) is 0 Å². The van der Waals surface area contributed by atoms with Crippen LogP contribution < -0.4 is 5.32 Å². The lowest BCUT2D eigenvalue weighted by molar-refractivity contribution is 0.0485. The van der Waals surface area contributed by atoms with Gasteiger partial charge in [-0.3, -0.25) is 4.68 Å². The minimum absolute atomic E-state index is 0.0498. The van der Waals surface area contributed by atoms with Gasteiger partial charge in [0.15, 0.2) is 5.82 Å². The van der Waals surface area contributed by atoms with Gasteiger partial charge in [-0.05, 0) is 25.2 Å². The van der Waals surface area contributed by atoms with E-state index in [0.717, 1.165) is 50.5 Å². The minimum Gasteiger partial charge on any atom is -0.381 e. The Kier molecular flexibility index (Phi) is 5.86. The summed E-state index contributed by atoms with van der Waals surface area (Å²) in [5.41, 5.74) is 2.36. The molecule has 7 nitrogen and oxygen atoms in total. The summed E-state index contributed by atoms with van der Waals surface area (Å²) in [5.74, 6) is 2.16. The fourth-order valence-corrected chi connectivity index (χ4v) is 3.36. The fourth-order valence-electron chi connectivity index (χ4n) is 3.36. The molecule has 1 aliphatic heterocycles. The Morgan fingerprint density at radius 1 is 1.32 bits per heavy atom. The molecule has 2 aromatic rings. The average molecular weight is 347 g/mol. The SMILES string of the molecule is CCc1nn(C)cc1CN[C@H](c1nc(C(C)C)no1)C1CCOCC1. The first kappa shape index (κ1) is 18.1. The normalized spacial score (nSPS) is 17.3. The molecule has 0 aliphatic carbocycles. The van der Waals surface area contributed by atoms with Crippen LogP contribution in [0.15, 0.2) is 10.7 Å². The predicted molar refractivity (Wildman–Crippen MR) is 94.1 cm³/mol. The van der Waals surface area contributed by atoms with Gasteiger partial charge in [-0.1, -0.05) is 25.9 Å². The molecule has 0 bridgehead atoms. The highest BCUT2D eigenvalue weighted by atomic mass is 16.5. The van der Waals surface area contributed by atoms with Gasteiger partial charge in [-0.2, -0.15) is 10.1 Å². The van der Waals surface area contributed by atoms with Crippen LogP contribution >= 0.6 is 0 Å². The molecule has 0 unspecified atom stereocenters. The maximum atomic E-state index is 5.61. The molecule has 0 spiro atoms. The van der Waals surface area contributed by atoms with Crippen LogP contribution in [0.5, 0.6) is 0 Å². The number of aromatic nitrogens is 4. The molecular weight excluding hydrogens is 318 g/mol. The topological polar surface area (TPSA) is 78.0 Å². The van der Waals surface area contributed by atoms with Gasteiger partial charge in [-0.15, -0.1) is 0 Å². The second-order valence-electron chi connectivity index (χ2n) is 7.08. The van der Waals surface area contributed by atoms with Gasteiger partial charge in [0.05, 0.1) is 11.7 Å². The van der Waals surface area contributed by atoms with E-state index in [1.165, 1.54) is 5.56 Å². The van der Waals surface area contributed by atoms with Crippen LogP contribution in [-0.2, 0) is 24.8 Å². The zero-order valence-electron chi connectivity index (χ0n) is 15.7. The second-order valence-corrected chi connectivity index (χ2v) is 7.08. The second kappa shape index (κ2) is 8.10. The van der Waals surface area contributed by atoms with Crippen molar-refractivity contribution in [2.75, 3.05) is 13.2 Å². The fraction of sp³-hybridized carbons (Fsp3) is 0.722. The monoisotopic (exact) mass is 347 g/mol. The molecule has 1 atom stereocenters. The van der Waals surface area contributed by atoms with Gasteiger partial charge in [-0.25, -0.2) is 0 Å². The quantitative estimate of drug-likeness (QED) is 0.830. The first-order chi connectivity index (χ1) is 12.1. The number of hydrogen-bond acceptors (Lipinski definition) is 6. The van der Waals surface area contributed by atoms with E-state index >= 15 is 0 Å². The van der Waals surface area contributed by atoms with E-state index in [-0.39, 0.29) is 12.0 Å². The highest BCUT2D eigenvalue weighted by Crippen LogP contribution is 2.30. The summed E-state index contributed by atoms with van der Waals surface area (Å²) in [5, 5.41) is 12.3. The number of rotatable bonds is 7. The van der Waals surface area contributed by atoms with E-state index in [1.54, 1.807) is 0 Å². The molecule has 1 saturated heterocycles. The minimum atomic E-state index is 0.0498. The van der Waals surface area contributed by atoms with Crippen molar-refractivity contribution in [1.29, 1.82) is 0 Å². The van der Waals surface area contributed by atoms with Crippen molar-refractivity contribution in [3.05, 3.63) is 29.2 Å². The Labute approximate surface area is 149 Å². The lowest BCUT2D eigenvalue weighted by atomic mass is 9.91. The van der Waals surface area contributed by atoms with Gasteiger partial charge in [0.1, 0.15) is 0 Å². The summed E-state index contributed by atoms with van der Waals surface area (Å²) in [7, 11) is 1.96. The van der Waals surface area contributed by atoms with Crippen molar-refractivity contribution in [1.82, 2.24) is 25.2 Å². The summed E-state index contributed by atoms with van der Waals surface area (Å²) in [6.45, 7) is 8.62. The highest BCUT2D eigenvalue weighted by molar-refractivity contribution is 5.17. The van der Waals surface area contributed by atoms with E-state index in [2.05, 4.69) is 47.5 Å². The molecule has 138 valence electrons. The van der Waals surface area contributed by atoms with E-state index in [1.807, 2.05) is 11.7 Å². The molecular formula is C18H29N5O2. The molecule has 1 N–H and O–H groups in total. The van der Waals surface area contributed by atoms with Gasteiger partial charge in [0, 0.05) is 44.5 Å². The Morgan fingerprint density at radius 2 is 2.08 bits per heavy atom. The molecule has 1 fully saturated rings. The molecule has 7 heteroatoms. The van der Waals surface area contributed by atoms with Crippen LogP contribution in [0.1, 0.15) is 68.5 Å². The number of nitrogens with one attached hydrogen (secondary N) is 1. The van der Waals surface area contributed by atoms with Crippen LogP contribution in [0, 0.1) is 5.92 Å². The van der Waals surface area contributed by atoms with E-state index in [4.69, 9.17) is 9.26 Å². The van der Waals surface area contributed by atoms with Gasteiger partial charge in [0.2, 0.25) is 5.89 Å². The molecule has 3 rings (SSSR count). The summed E-state index contributed by atoms with van der Waals surface area (Å²) in [6.07, 6.45) is 5.02. The number of hydrogen-bond donors (Lipinski definition) is 1. The third kappa shape index (κ3) is 4.27. The molecule has 25 heavy (non-hydrogen) atoms. The molecule has 2 aromatic heterocycles. The zero-order valence-corrected chi connectivity index (χ0v) is 15.7. The Hall–Kier alpha value is -1.73. The largest absolute Gasteiger partial charge is 0.381 e. The standard InChI is InChI=1S/C18H29N5O2/c1-5-15-14(11-23(4)21-15)10-19-16(13-6-8-24-9-7-13)18-20-17(12(2)3)22-25-18/h11-13,16,19H,5-10H2,1-4H3/t16-/m0/s1. The zero-order chi connectivity index (χ0) is 17.8. The van der Waals surface area contributed by atoms with Gasteiger partial charge < -0.3 is 14.6 Å². The van der Waals surface area contributed by atoms with Crippen LogP contribution in [-0.4, -0.2) is 33.1 Å². The van der Waals surface area contributed by atoms with Crippen molar-refractivity contribution in [2.24, 2.45) is 13.0 Å². The summed E-state index contributed by atoms with van der Waals surface area (Å²) < 4.78 is 13.0. The molecule has 3 heterocycles. The van der Waals surface area contributed by atoms with Crippen LogP contribution in [0.25, 0.3) is 0 Å². The smallest absolute Gasteiger partial charge is 0.244 e. The van der Waals surface area contributed by atoms with Gasteiger partial charge >= 0.3 is 0 Å². The van der Waals surface area contributed by atoms with Crippen molar-refractivity contribution in [3.63, 3.8) is 0 Å². The predicted octanol–water partition coefficient (Wildman–Crippen LogP) is 2.75. The maximum absolute atomic E-state index is 5.61. The third-order valence-electron chi connectivity index (χ3n) is 4.82. The number of nitrogens with zero attached hydrogens (tertiary/aromatic N) is 4. The summed E-state index contributed by atoms with van der Waals surface area (Å²) in [4.78, 5) is 4.64. The average Bonchev–Trinajstić information content (AvgIpc) is 3.23. The molecule has 0 aromatic carbocycles. The lowest BCUT2D eigenvalue weighted by Crippen LogP contribution is -2.32.